The molecule has 0 saturated heterocycles. The highest BCUT2D eigenvalue weighted by molar-refractivity contribution is 7.17. The van der Waals surface area contributed by atoms with Gasteiger partial charge in [-0.25, -0.2) is 9.97 Å². The van der Waals surface area contributed by atoms with Gasteiger partial charge < -0.3 is 11.1 Å². The van der Waals surface area contributed by atoms with Gasteiger partial charge >= 0.3 is 0 Å². The topological polar surface area (TPSA) is 80.9 Å². The summed E-state index contributed by atoms with van der Waals surface area (Å²) in [4.78, 5) is 21.5. The first-order chi connectivity index (χ1) is 9.56. The van der Waals surface area contributed by atoms with Crippen LogP contribution in [0.5, 0.6) is 0 Å². The molecule has 2 atom stereocenters. The first-order valence-electron chi connectivity index (χ1n) is 6.84. The molecule has 1 amide bonds. The maximum absolute atomic E-state index is 11.5. The minimum absolute atomic E-state index is 0.0873. The number of amides is 1. The number of nitrogens with zero attached hydrogens (tertiary/aromatic N) is 2. The third-order valence-electron chi connectivity index (χ3n) is 3.93. The van der Waals surface area contributed by atoms with Gasteiger partial charge in [0.1, 0.15) is 16.5 Å². The molecule has 1 fully saturated rings. The molecule has 3 N–H and O–H groups in total. The van der Waals surface area contributed by atoms with E-state index in [-0.39, 0.29) is 17.9 Å². The molecule has 0 aliphatic heterocycles. The summed E-state index contributed by atoms with van der Waals surface area (Å²) in [5.41, 5.74) is 6.65. The minimum atomic E-state index is -0.218. The molecule has 0 bridgehead atoms. The molecule has 6 heteroatoms. The third-order valence-corrected chi connectivity index (χ3v) is 4.92. The fourth-order valence-electron chi connectivity index (χ4n) is 2.94. The van der Waals surface area contributed by atoms with E-state index < -0.39 is 0 Å². The van der Waals surface area contributed by atoms with Crippen LogP contribution in [-0.4, -0.2) is 21.9 Å². The predicted octanol–water partition coefficient (Wildman–Crippen LogP) is 2.37. The molecule has 0 unspecified atom stereocenters. The van der Waals surface area contributed by atoms with Crippen LogP contribution < -0.4 is 11.1 Å². The number of anilines is 1. The monoisotopic (exact) mass is 290 g/mol. The van der Waals surface area contributed by atoms with Crippen molar-refractivity contribution in [2.45, 2.75) is 39.2 Å². The normalized spacial score (nSPS) is 22.3. The zero-order chi connectivity index (χ0) is 14.3. The average Bonchev–Trinajstić information content (AvgIpc) is 2.96. The Morgan fingerprint density at radius 3 is 2.95 bits per heavy atom. The molecule has 2 heterocycles. The summed E-state index contributed by atoms with van der Waals surface area (Å²) in [5, 5.41) is 6.59. The van der Waals surface area contributed by atoms with Crippen LogP contribution in [0.4, 0.5) is 5.82 Å². The number of carbonyl (C=O) groups is 1. The zero-order valence-electron chi connectivity index (χ0n) is 11.6. The smallest absolute Gasteiger partial charge is 0.222 e. The van der Waals surface area contributed by atoms with Crippen molar-refractivity contribution in [3.8, 4) is 0 Å². The van der Waals surface area contributed by atoms with E-state index in [0.29, 0.717) is 0 Å². The number of carbonyl (C=O) groups excluding carboxylic acids is 1. The number of rotatable bonds is 3. The Labute approximate surface area is 121 Å². The molecule has 0 aromatic carbocycles. The average molecular weight is 290 g/mol. The van der Waals surface area contributed by atoms with Crippen molar-refractivity contribution >= 4 is 33.3 Å². The van der Waals surface area contributed by atoms with Crippen molar-refractivity contribution in [3.05, 3.63) is 16.8 Å². The van der Waals surface area contributed by atoms with Crippen molar-refractivity contribution in [3.63, 3.8) is 0 Å². The van der Waals surface area contributed by atoms with Gasteiger partial charge in [-0.1, -0.05) is 6.42 Å². The maximum atomic E-state index is 11.5. The molecule has 1 aliphatic carbocycles. The molecule has 106 valence electrons. The van der Waals surface area contributed by atoms with Crippen molar-refractivity contribution < 1.29 is 4.79 Å². The van der Waals surface area contributed by atoms with E-state index in [1.54, 1.807) is 11.3 Å². The molecule has 0 spiro atoms. The Hall–Kier alpha value is -1.69. The highest BCUT2D eigenvalue weighted by Gasteiger charge is 2.32. The molecule has 2 aromatic rings. The van der Waals surface area contributed by atoms with E-state index in [1.165, 1.54) is 5.56 Å². The lowest BCUT2D eigenvalue weighted by Crippen LogP contribution is -2.34. The third kappa shape index (κ3) is 2.24. The van der Waals surface area contributed by atoms with Crippen LogP contribution in [0.15, 0.2) is 5.38 Å². The fourth-order valence-corrected chi connectivity index (χ4v) is 3.91. The van der Waals surface area contributed by atoms with E-state index in [1.807, 2.05) is 6.92 Å². The number of hydrogen-bond acceptors (Lipinski definition) is 5. The quantitative estimate of drug-likeness (QED) is 0.909. The van der Waals surface area contributed by atoms with Crippen LogP contribution in [0, 0.1) is 19.8 Å². The van der Waals surface area contributed by atoms with Crippen LogP contribution in [0.25, 0.3) is 10.2 Å². The van der Waals surface area contributed by atoms with Crippen LogP contribution in [0.1, 0.15) is 30.7 Å². The van der Waals surface area contributed by atoms with Gasteiger partial charge in [0, 0.05) is 6.04 Å². The second kappa shape index (κ2) is 5.01. The molecule has 2 aromatic heterocycles. The number of thiophene rings is 1. The number of nitrogens with two attached hydrogens (primary N) is 1. The molecule has 1 saturated carbocycles. The number of nitrogens with one attached hydrogen (secondary N) is 1. The fraction of sp³-hybridized carbons (Fsp3) is 0.500. The van der Waals surface area contributed by atoms with Gasteiger partial charge in [-0.2, -0.15) is 0 Å². The number of hydrogen-bond donors (Lipinski definition) is 2. The van der Waals surface area contributed by atoms with E-state index in [9.17, 15) is 4.79 Å². The number of aromatic nitrogens is 2. The van der Waals surface area contributed by atoms with Crippen LogP contribution in [-0.2, 0) is 4.79 Å². The Morgan fingerprint density at radius 2 is 2.20 bits per heavy atom. The molecule has 20 heavy (non-hydrogen) atoms. The lowest BCUT2D eigenvalue weighted by atomic mass is 10.0. The van der Waals surface area contributed by atoms with Crippen molar-refractivity contribution in [1.82, 2.24) is 9.97 Å². The SMILES string of the molecule is Cc1nc(N[C@@H]2CCC[C@H]2C(N)=O)c2c(C)csc2n1. The van der Waals surface area contributed by atoms with E-state index in [4.69, 9.17) is 5.73 Å². The number of primary amides is 1. The lowest BCUT2D eigenvalue weighted by Gasteiger charge is -2.19. The second-order valence-corrected chi connectivity index (χ2v) is 6.27. The minimum Gasteiger partial charge on any atom is -0.369 e. The van der Waals surface area contributed by atoms with Gasteiger partial charge in [0.25, 0.3) is 0 Å². The highest BCUT2D eigenvalue weighted by Crippen LogP contribution is 2.33. The summed E-state index contributed by atoms with van der Waals surface area (Å²) in [7, 11) is 0. The van der Waals surface area contributed by atoms with Gasteiger partial charge in [0.15, 0.2) is 0 Å². The number of fused-ring (bicyclic) bond motifs is 1. The van der Waals surface area contributed by atoms with Crippen molar-refractivity contribution in [2.75, 3.05) is 5.32 Å². The van der Waals surface area contributed by atoms with Gasteiger partial charge in [0.2, 0.25) is 5.91 Å². The molecular formula is C14H18N4OS. The summed E-state index contributed by atoms with van der Waals surface area (Å²) in [6.45, 7) is 3.95. The zero-order valence-corrected chi connectivity index (χ0v) is 12.5. The summed E-state index contributed by atoms with van der Waals surface area (Å²) in [6, 6.07) is 0.0873. The van der Waals surface area contributed by atoms with Gasteiger partial charge in [-0.05, 0) is 37.6 Å². The summed E-state index contributed by atoms with van der Waals surface area (Å²) < 4.78 is 0. The van der Waals surface area contributed by atoms with Crippen LogP contribution in [0.2, 0.25) is 0 Å². The largest absolute Gasteiger partial charge is 0.369 e. The molecule has 5 nitrogen and oxygen atoms in total. The molecule has 3 rings (SSSR count). The van der Waals surface area contributed by atoms with E-state index in [2.05, 4.69) is 27.6 Å². The molecular weight excluding hydrogens is 272 g/mol. The Balaban J connectivity index is 1.98. The van der Waals surface area contributed by atoms with E-state index in [0.717, 1.165) is 41.1 Å². The van der Waals surface area contributed by atoms with Gasteiger partial charge in [0.05, 0.1) is 11.3 Å². The predicted molar refractivity (Wildman–Crippen MR) is 80.8 cm³/mol. The maximum Gasteiger partial charge on any atom is 0.222 e. The lowest BCUT2D eigenvalue weighted by molar-refractivity contribution is -0.121. The van der Waals surface area contributed by atoms with Gasteiger partial charge in [-0.3, -0.25) is 4.79 Å². The standard InChI is InChI=1S/C14H18N4OS/c1-7-6-20-14-11(7)13(16-8(2)17-14)18-10-5-3-4-9(10)12(15)19/h6,9-10H,3-5H2,1-2H3,(H2,15,19)(H,16,17,18)/t9-,10-/m1/s1. The number of aryl methyl sites for hydroxylation is 2. The molecule has 0 radical (unpaired) electrons. The van der Waals surface area contributed by atoms with E-state index >= 15 is 0 Å². The van der Waals surface area contributed by atoms with Gasteiger partial charge in [-0.15, -0.1) is 11.3 Å². The summed E-state index contributed by atoms with van der Waals surface area (Å²) in [5.74, 6) is 1.27. The second-order valence-electron chi connectivity index (χ2n) is 5.41. The Kier molecular flexibility index (Phi) is 3.33. The van der Waals surface area contributed by atoms with Crippen LogP contribution in [0.3, 0.4) is 0 Å². The summed E-state index contributed by atoms with van der Waals surface area (Å²) in [6.07, 6.45) is 2.85. The highest BCUT2D eigenvalue weighted by atomic mass is 32.1. The Bertz CT molecular complexity index is 666. The Morgan fingerprint density at radius 1 is 1.40 bits per heavy atom. The molecule has 1 aliphatic rings. The van der Waals surface area contributed by atoms with Crippen LogP contribution >= 0.6 is 11.3 Å². The van der Waals surface area contributed by atoms with Crippen molar-refractivity contribution in [2.24, 2.45) is 11.7 Å². The first-order valence-corrected chi connectivity index (χ1v) is 7.72. The van der Waals surface area contributed by atoms with Crippen molar-refractivity contribution in [1.29, 1.82) is 0 Å². The summed E-state index contributed by atoms with van der Waals surface area (Å²) >= 11 is 1.62. The first kappa shape index (κ1) is 13.3.